The van der Waals surface area contributed by atoms with E-state index in [9.17, 15) is 35.9 Å². The van der Waals surface area contributed by atoms with Crippen molar-refractivity contribution in [1.82, 2.24) is 4.90 Å². The van der Waals surface area contributed by atoms with Gasteiger partial charge < -0.3 is 5.11 Å². The molecule has 1 aromatic heterocycles. The van der Waals surface area contributed by atoms with Crippen molar-refractivity contribution in [3.63, 3.8) is 0 Å². The molecule has 2 aliphatic rings. The van der Waals surface area contributed by atoms with Gasteiger partial charge in [0.25, 0.3) is 5.91 Å². The fourth-order valence-corrected chi connectivity index (χ4v) is 6.53. The minimum atomic E-state index is -4.95. The van der Waals surface area contributed by atoms with Gasteiger partial charge in [0, 0.05) is 11.4 Å². The van der Waals surface area contributed by atoms with Crippen LogP contribution in [0.25, 0.3) is 17.2 Å². The molecule has 0 atom stereocenters. The topological polar surface area (TPSA) is 57.6 Å². The first-order valence-corrected chi connectivity index (χ1v) is 13.2. The Balaban J connectivity index is 1.52. The quantitative estimate of drug-likeness (QED) is 0.225. The molecule has 2 fully saturated rings. The van der Waals surface area contributed by atoms with Crippen molar-refractivity contribution in [3.8, 4) is 11.1 Å². The first-order chi connectivity index (χ1) is 17.2. The number of thiophene rings is 1. The summed E-state index contributed by atoms with van der Waals surface area (Å²) in [4.78, 5) is 26.4. The number of alkyl halides is 6. The molecule has 0 bridgehead atoms. The average Bonchev–Trinajstić information content (AvgIpc) is 3.38. The number of carbonyl (C=O) groups excluding carboxylic acids is 1. The number of aliphatic carboxylic acids is 1. The molecule has 0 radical (unpaired) electrons. The lowest BCUT2D eigenvalue weighted by Gasteiger charge is -2.29. The van der Waals surface area contributed by atoms with Gasteiger partial charge in [-0.15, -0.1) is 11.3 Å². The molecule has 37 heavy (non-hydrogen) atoms. The van der Waals surface area contributed by atoms with E-state index in [-0.39, 0.29) is 34.9 Å². The molecule has 1 amide bonds. The highest BCUT2D eigenvalue weighted by atomic mass is 32.2. The maximum absolute atomic E-state index is 13.2. The number of halogens is 6. The SMILES string of the molecule is O=C(O)C1CCC(CN2C(=O)/C(=C/c3cc(-c4cc(C(F)(F)F)cc(C(F)(F)F)c4)cs3)SC2=S)CC1. The minimum absolute atomic E-state index is 0.0796. The van der Waals surface area contributed by atoms with Crippen LogP contribution in [-0.2, 0) is 21.9 Å². The largest absolute Gasteiger partial charge is 0.481 e. The number of thiocarbonyl (C=S) groups is 1. The number of nitrogens with zero attached hydrogens (tertiary/aromatic N) is 1. The van der Waals surface area contributed by atoms with Crippen LogP contribution in [0, 0.1) is 11.8 Å². The zero-order valence-corrected chi connectivity index (χ0v) is 21.3. The van der Waals surface area contributed by atoms with E-state index in [0.717, 1.165) is 23.1 Å². The van der Waals surface area contributed by atoms with Gasteiger partial charge in [0.1, 0.15) is 4.32 Å². The van der Waals surface area contributed by atoms with E-state index in [0.29, 0.717) is 58.5 Å². The van der Waals surface area contributed by atoms with E-state index in [2.05, 4.69) is 0 Å². The molecule has 13 heteroatoms. The van der Waals surface area contributed by atoms with E-state index in [4.69, 9.17) is 17.3 Å². The molecular weight excluding hydrogens is 560 g/mol. The number of rotatable bonds is 5. The number of hydrogen-bond acceptors (Lipinski definition) is 5. The van der Waals surface area contributed by atoms with Gasteiger partial charge in [-0.3, -0.25) is 14.5 Å². The van der Waals surface area contributed by atoms with Gasteiger partial charge in [-0.25, -0.2) is 0 Å². The van der Waals surface area contributed by atoms with Gasteiger partial charge in [0.15, 0.2) is 0 Å². The zero-order valence-electron chi connectivity index (χ0n) is 18.9. The molecule has 1 aromatic carbocycles. The number of hydrogen-bond donors (Lipinski definition) is 1. The van der Waals surface area contributed by atoms with Crippen LogP contribution in [0.2, 0.25) is 0 Å². The fraction of sp³-hybridized carbons (Fsp3) is 0.375. The highest BCUT2D eigenvalue weighted by Gasteiger charge is 2.38. The Labute approximate surface area is 221 Å². The Morgan fingerprint density at radius 1 is 1.00 bits per heavy atom. The number of benzene rings is 1. The molecule has 1 saturated heterocycles. The fourth-order valence-electron chi connectivity index (χ4n) is 4.34. The molecule has 1 saturated carbocycles. The molecule has 1 aliphatic heterocycles. The van der Waals surface area contributed by atoms with E-state index >= 15 is 0 Å². The van der Waals surface area contributed by atoms with Crippen LogP contribution < -0.4 is 0 Å². The summed E-state index contributed by atoms with van der Waals surface area (Å²) < 4.78 is 79.6. The summed E-state index contributed by atoms with van der Waals surface area (Å²) in [5, 5.41) is 10.6. The second kappa shape index (κ2) is 10.4. The van der Waals surface area contributed by atoms with E-state index in [1.165, 1.54) is 22.4 Å². The summed E-state index contributed by atoms with van der Waals surface area (Å²) in [6.45, 7) is 0.370. The van der Waals surface area contributed by atoms with Gasteiger partial charge in [0.2, 0.25) is 0 Å². The second-order valence-electron chi connectivity index (χ2n) is 8.88. The molecule has 4 nitrogen and oxygen atoms in total. The van der Waals surface area contributed by atoms with Crippen molar-refractivity contribution in [3.05, 3.63) is 50.6 Å². The van der Waals surface area contributed by atoms with Crippen molar-refractivity contribution >= 4 is 57.6 Å². The van der Waals surface area contributed by atoms with E-state index < -0.39 is 29.4 Å². The number of carbonyl (C=O) groups is 2. The molecule has 2 aromatic rings. The van der Waals surface area contributed by atoms with E-state index in [1.807, 2.05) is 0 Å². The third-order valence-corrected chi connectivity index (χ3v) is 8.58. The molecule has 2 heterocycles. The predicted molar refractivity (Wildman–Crippen MR) is 133 cm³/mol. The average molecular weight is 580 g/mol. The van der Waals surface area contributed by atoms with Crippen molar-refractivity contribution in [2.75, 3.05) is 6.54 Å². The molecule has 1 aliphatic carbocycles. The Hall–Kier alpha value is -2.38. The van der Waals surface area contributed by atoms with Gasteiger partial charge in [0.05, 0.1) is 21.9 Å². The van der Waals surface area contributed by atoms with Crippen molar-refractivity contribution in [2.45, 2.75) is 38.0 Å². The number of carboxylic acid groups (broad SMARTS) is 1. The lowest BCUT2D eigenvalue weighted by atomic mass is 9.82. The summed E-state index contributed by atoms with van der Waals surface area (Å²) in [6.07, 6.45) is -5.97. The predicted octanol–water partition coefficient (Wildman–Crippen LogP) is 7.54. The Morgan fingerprint density at radius 3 is 2.14 bits per heavy atom. The van der Waals surface area contributed by atoms with Crippen LogP contribution in [0.1, 0.15) is 41.7 Å². The van der Waals surface area contributed by atoms with Crippen molar-refractivity contribution in [1.29, 1.82) is 0 Å². The maximum atomic E-state index is 13.2. The summed E-state index contributed by atoms with van der Waals surface area (Å²) >= 11 is 7.50. The van der Waals surface area contributed by atoms with Crippen LogP contribution in [0.4, 0.5) is 26.3 Å². The zero-order chi connectivity index (χ0) is 27.1. The molecule has 0 unspecified atom stereocenters. The monoisotopic (exact) mass is 579 g/mol. The second-order valence-corrected chi connectivity index (χ2v) is 11.5. The van der Waals surface area contributed by atoms with E-state index in [1.54, 1.807) is 0 Å². The molecule has 0 spiro atoms. The Kier molecular flexibility index (Phi) is 7.78. The number of thioether (sulfide) groups is 1. The van der Waals surface area contributed by atoms with Crippen LogP contribution >= 0.6 is 35.3 Å². The third kappa shape index (κ3) is 6.37. The van der Waals surface area contributed by atoms with Crippen LogP contribution in [-0.4, -0.2) is 32.7 Å². The summed E-state index contributed by atoms with van der Waals surface area (Å²) in [7, 11) is 0. The molecular formula is C24H19F6NO3S3. The molecule has 198 valence electrons. The van der Waals surface area contributed by atoms with Gasteiger partial charge in [-0.2, -0.15) is 26.3 Å². The lowest BCUT2D eigenvalue weighted by molar-refractivity contribution is -0.144. The first kappa shape index (κ1) is 27.6. The third-order valence-electron chi connectivity index (χ3n) is 6.32. The summed E-state index contributed by atoms with van der Waals surface area (Å²) in [6, 6.07) is 2.84. The number of amides is 1. The summed E-state index contributed by atoms with van der Waals surface area (Å²) in [5.41, 5.74) is -2.87. The molecule has 4 rings (SSSR count). The minimum Gasteiger partial charge on any atom is -0.481 e. The number of carboxylic acids is 1. The van der Waals surface area contributed by atoms with Gasteiger partial charge in [-0.05, 0) is 78.4 Å². The first-order valence-electron chi connectivity index (χ1n) is 11.1. The lowest BCUT2D eigenvalue weighted by Crippen LogP contribution is -2.35. The van der Waals surface area contributed by atoms with Crippen molar-refractivity contribution < 1.29 is 41.0 Å². The summed E-state index contributed by atoms with van der Waals surface area (Å²) in [5.74, 6) is -1.40. The van der Waals surface area contributed by atoms with Crippen LogP contribution in [0.15, 0.2) is 34.6 Å². The normalized spacial score (nSPS) is 22.2. The highest BCUT2D eigenvalue weighted by molar-refractivity contribution is 8.26. The maximum Gasteiger partial charge on any atom is 0.416 e. The van der Waals surface area contributed by atoms with Crippen LogP contribution in [0.3, 0.4) is 0 Å². The van der Waals surface area contributed by atoms with Crippen LogP contribution in [0.5, 0.6) is 0 Å². The Bertz CT molecular complexity index is 1230. The Morgan fingerprint density at radius 2 is 1.59 bits per heavy atom. The smallest absolute Gasteiger partial charge is 0.416 e. The molecule has 1 N–H and O–H groups in total. The highest BCUT2D eigenvalue weighted by Crippen LogP contribution is 2.41. The van der Waals surface area contributed by atoms with Gasteiger partial charge >= 0.3 is 18.3 Å². The standard InChI is InChI=1S/C24H19F6NO3S3/c25-23(26,27)16-5-14(6-17(8-16)24(28,29)30)15-7-18(36-11-15)9-19-20(32)31(22(35)37-19)10-12-1-3-13(4-2-12)21(33)34/h5-9,11-13H,1-4,10H2,(H,33,34)/b19-9-. The van der Waals surface area contributed by atoms with Crippen molar-refractivity contribution in [2.24, 2.45) is 11.8 Å². The van der Waals surface area contributed by atoms with Gasteiger partial charge in [-0.1, -0.05) is 24.0 Å².